The minimum atomic E-state index is -0.433. The number of hydrogen-bond acceptors (Lipinski definition) is 4. The van der Waals surface area contributed by atoms with Crippen LogP contribution in [-0.4, -0.2) is 27.3 Å². The highest BCUT2D eigenvalue weighted by atomic mass is 16.2. The summed E-state index contributed by atoms with van der Waals surface area (Å²) in [6.45, 7) is 0. The van der Waals surface area contributed by atoms with Crippen LogP contribution in [0.2, 0.25) is 0 Å². The number of primary amides is 1. The van der Waals surface area contributed by atoms with Gasteiger partial charge in [0, 0.05) is 29.1 Å². The summed E-state index contributed by atoms with van der Waals surface area (Å²) < 4.78 is 0. The van der Waals surface area contributed by atoms with Gasteiger partial charge in [-0.15, -0.1) is 0 Å². The van der Waals surface area contributed by atoms with E-state index >= 15 is 0 Å². The number of benzene rings is 1. The van der Waals surface area contributed by atoms with Gasteiger partial charge in [0.15, 0.2) is 5.82 Å². The van der Waals surface area contributed by atoms with Gasteiger partial charge in [0.25, 0.3) is 5.91 Å². The van der Waals surface area contributed by atoms with Crippen LogP contribution in [0, 0.1) is 17.3 Å². The first-order valence-electron chi connectivity index (χ1n) is 9.97. The lowest BCUT2D eigenvalue weighted by atomic mass is 9.46. The number of nitrogens with two attached hydrogens (primary N) is 1. The van der Waals surface area contributed by atoms with E-state index in [2.05, 4.69) is 15.3 Å². The number of carbonyl (C=O) groups excluding carboxylic acids is 2. The Morgan fingerprint density at radius 1 is 1.04 bits per heavy atom. The van der Waals surface area contributed by atoms with Crippen LogP contribution >= 0.6 is 0 Å². The van der Waals surface area contributed by atoms with Gasteiger partial charge < -0.3 is 11.1 Å². The summed E-state index contributed by atoms with van der Waals surface area (Å²) in [5, 5.41) is 3.31. The summed E-state index contributed by atoms with van der Waals surface area (Å²) in [4.78, 5) is 33.9. The second kappa shape index (κ2) is 6.12. The lowest BCUT2D eigenvalue weighted by molar-refractivity contribution is -0.146. The zero-order valence-corrected chi connectivity index (χ0v) is 15.7. The van der Waals surface area contributed by atoms with Gasteiger partial charge in [-0.05, 0) is 68.6 Å². The molecule has 1 heterocycles. The van der Waals surface area contributed by atoms with Crippen molar-refractivity contribution in [1.29, 1.82) is 0 Å². The first-order chi connectivity index (χ1) is 13.5. The summed E-state index contributed by atoms with van der Waals surface area (Å²) in [7, 11) is 0. The molecule has 1 aromatic heterocycles. The Hall–Kier alpha value is -2.76. The third kappa shape index (κ3) is 2.79. The van der Waals surface area contributed by atoms with Crippen molar-refractivity contribution in [1.82, 2.24) is 15.3 Å². The van der Waals surface area contributed by atoms with Gasteiger partial charge in [-0.1, -0.05) is 12.1 Å². The first-order valence-corrected chi connectivity index (χ1v) is 9.97. The van der Waals surface area contributed by atoms with E-state index < -0.39 is 5.41 Å². The predicted molar refractivity (Wildman–Crippen MR) is 104 cm³/mol. The molecule has 4 fully saturated rings. The highest BCUT2D eigenvalue weighted by Crippen LogP contribution is 2.61. The van der Waals surface area contributed by atoms with E-state index in [1.165, 1.54) is 0 Å². The summed E-state index contributed by atoms with van der Waals surface area (Å²) in [5.74, 6) is 1.28. The minimum absolute atomic E-state index is 0.0978. The fourth-order valence-corrected chi connectivity index (χ4v) is 6.26. The maximum Gasteiger partial charge on any atom is 0.251 e. The van der Waals surface area contributed by atoms with E-state index in [0.29, 0.717) is 29.6 Å². The lowest BCUT2D eigenvalue weighted by Gasteiger charge is -2.61. The predicted octanol–water partition coefficient (Wildman–Crippen LogP) is 2.70. The molecule has 2 aromatic rings. The van der Waals surface area contributed by atoms with E-state index in [1.54, 1.807) is 18.5 Å². The summed E-state index contributed by atoms with van der Waals surface area (Å²) in [6.07, 6.45) is 8.89. The number of aromatic nitrogens is 2. The molecule has 2 amide bonds. The second-order valence-electron chi connectivity index (χ2n) is 8.99. The fraction of sp³-hybridized carbons (Fsp3) is 0.455. The zero-order chi connectivity index (χ0) is 19.4. The Balaban J connectivity index is 1.41. The quantitative estimate of drug-likeness (QED) is 0.857. The van der Waals surface area contributed by atoms with Crippen LogP contribution in [0.5, 0.6) is 0 Å². The molecular formula is C22H24N4O2. The number of amides is 2. The Morgan fingerprint density at radius 2 is 1.75 bits per heavy atom. The van der Waals surface area contributed by atoms with Crippen molar-refractivity contribution in [2.45, 2.75) is 44.1 Å². The van der Waals surface area contributed by atoms with E-state index in [0.717, 1.165) is 37.7 Å². The van der Waals surface area contributed by atoms with E-state index in [-0.39, 0.29) is 17.4 Å². The smallest absolute Gasteiger partial charge is 0.251 e. The van der Waals surface area contributed by atoms with Crippen LogP contribution in [0.3, 0.4) is 0 Å². The molecule has 0 aliphatic heterocycles. The van der Waals surface area contributed by atoms with Crippen molar-refractivity contribution in [3.8, 4) is 11.4 Å². The molecule has 6 heteroatoms. The van der Waals surface area contributed by atoms with Crippen molar-refractivity contribution in [2.75, 3.05) is 0 Å². The third-order valence-electron chi connectivity index (χ3n) is 6.91. The summed E-state index contributed by atoms with van der Waals surface area (Å²) >= 11 is 0. The Morgan fingerprint density at radius 3 is 2.43 bits per heavy atom. The molecule has 6 rings (SSSR count). The Kier molecular flexibility index (Phi) is 3.79. The Labute approximate surface area is 164 Å². The number of hydrogen-bond donors (Lipinski definition) is 2. The van der Waals surface area contributed by atoms with Gasteiger partial charge in [-0.25, -0.2) is 9.97 Å². The second-order valence-corrected chi connectivity index (χ2v) is 8.99. The maximum absolute atomic E-state index is 13.1. The molecule has 0 saturated heterocycles. The molecule has 6 nitrogen and oxygen atoms in total. The molecule has 0 radical (unpaired) electrons. The Bertz CT molecular complexity index is 929. The molecular weight excluding hydrogens is 352 g/mol. The molecule has 4 bridgehead atoms. The number of rotatable bonds is 4. The minimum Gasteiger partial charge on any atom is -0.369 e. The number of nitrogens with zero attached hydrogens (tertiary/aromatic N) is 2. The molecule has 4 aliphatic rings. The maximum atomic E-state index is 13.1. The largest absolute Gasteiger partial charge is 0.369 e. The standard InChI is InChI=1S/C22H24N4O2/c23-20(28)21-9-14-7-15(10-21)12-22(11-14,13-21)26-19(27)17-4-1-3-16(8-17)18-24-5-2-6-25-18/h1-6,8,14-15H,7,9-13H2,(H2,23,28)(H,26,27). The van der Waals surface area contributed by atoms with E-state index in [1.807, 2.05) is 24.3 Å². The van der Waals surface area contributed by atoms with Crippen LogP contribution in [0.15, 0.2) is 42.7 Å². The summed E-state index contributed by atoms with van der Waals surface area (Å²) in [5.41, 5.74) is 6.47. The van der Waals surface area contributed by atoms with Crippen LogP contribution in [0.25, 0.3) is 11.4 Å². The van der Waals surface area contributed by atoms with Crippen LogP contribution in [0.1, 0.15) is 48.9 Å². The monoisotopic (exact) mass is 376 g/mol. The van der Waals surface area contributed by atoms with Gasteiger partial charge in [-0.2, -0.15) is 0 Å². The highest BCUT2D eigenvalue weighted by molar-refractivity contribution is 5.96. The van der Waals surface area contributed by atoms with E-state index in [9.17, 15) is 9.59 Å². The van der Waals surface area contributed by atoms with Crippen molar-refractivity contribution in [3.63, 3.8) is 0 Å². The molecule has 2 unspecified atom stereocenters. The fourth-order valence-electron chi connectivity index (χ4n) is 6.26. The van der Waals surface area contributed by atoms with Crippen molar-refractivity contribution >= 4 is 11.8 Å². The first kappa shape index (κ1) is 17.3. The van der Waals surface area contributed by atoms with Crippen LogP contribution in [-0.2, 0) is 4.79 Å². The molecule has 144 valence electrons. The van der Waals surface area contributed by atoms with Crippen molar-refractivity contribution in [2.24, 2.45) is 23.0 Å². The van der Waals surface area contributed by atoms with Gasteiger partial charge in [0.1, 0.15) is 0 Å². The molecule has 2 atom stereocenters. The van der Waals surface area contributed by atoms with Gasteiger partial charge in [-0.3, -0.25) is 9.59 Å². The summed E-state index contributed by atoms with van der Waals surface area (Å²) in [6, 6.07) is 9.16. The van der Waals surface area contributed by atoms with Crippen molar-refractivity contribution < 1.29 is 9.59 Å². The molecule has 0 spiro atoms. The van der Waals surface area contributed by atoms with Crippen molar-refractivity contribution in [3.05, 3.63) is 48.3 Å². The van der Waals surface area contributed by atoms with Crippen LogP contribution < -0.4 is 11.1 Å². The SMILES string of the molecule is NC(=O)C12CC3CC(CC(NC(=O)c4cccc(-c5ncccn5)c4)(C3)C1)C2. The molecule has 3 N–H and O–H groups in total. The average molecular weight is 376 g/mol. The number of carbonyl (C=O) groups is 2. The van der Waals surface area contributed by atoms with E-state index in [4.69, 9.17) is 5.73 Å². The lowest BCUT2D eigenvalue weighted by Crippen LogP contribution is -2.65. The molecule has 4 saturated carbocycles. The molecule has 28 heavy (non-hydrogen) atoms. The van der Waals surface area contributed by atoms with Gasteiger partial charge >= 0.3 is 0 Å². The van der Waals surface area contributed by atoms with Crippen LogP contribution in [0.4, 0.5) is 0 Å². The number of nitrogens with one attached hydrogen (secondary N) is 1. The topological polar surface area (TPSA) is 98.0 Å². The van der Waals surface area contributed by atoms with Gasteiger partial charge in [0.2, 0.25) is 5.91 Å². The van der Waals surface area contributed by atoms with Gasteiger partial charge in [0.05, 0.1) is 5.41 Å². The molecule has 4 aliphatic carbocycles. The molecule has 1 aromatic carbocycles. The third-order valence-corrected chi connectivity index (χ3v) is 6.91. The highest BCUT2D eigenvalue weighted by Gasteiger charge is 2.60. The average Bonchev–Trinajstić information content (AvgIpc) is 2.67. The normalized spacial score (nSPS) is 32.9. The zero-order valence-electron chi connectivity index (χ0n) is 15.7.